The number of nitrogens with zero attached hydrogens (tertiary/aromatic N) is 3. The highest BCUT2D eigenvalue weighted by atomic mass is 35.5. The molecular weight excluding hydrogens is 299 g/mol. The minimum absolute atomic E-state index is 0.0568. The van der Waals surface area contributed by atoms with E-state index < -0.39 is 5.51 Å². The van der Waals surface area contributed by atoms with Crippen molar-refractivity contribution in [1.82, 2.24) is 14.5 Å². The Kier molecular flexibility index (Phi) is 4.25. The fourth-order valence-electron chi connectivity index (χ4n) is 1.75. The van der Waals surface area contributed by atoms with Crippen molar-refractivity contribution in [3.8, 4) is 0 Å². The van der Waals surface area contributed by atoms with E-state index in [0.29, 0.717) is 17.0 Å². The molecule has 0 saturated heterocycles. The van der Waals surface area contributed by atoms with Crippen molar-refractivity contribution in [3.63, 3.8) is 0 Å². The number of thioether (sulfide) groups is 1. The van der Waals surface area contributed by atoms with Crippen LogP contribution < -0.4 is 0 Å². The van der Waals surface area contributed by atoms with Crippen LogP contribution in [-0.2, 0) is 12.4 Å². The molecule has 2 rings (SSSR count). The van der Waals surface area contributed by atoms with Gasteiger partial charge in [0.15, 0.2) is 5.65 Å². The Labute approximate surface area is 117 Å². The smallest absolute Gasteiger partial charge is 0.311 e. The fraction of sp³-hybridized carbons (Fsp3) is 0.455. The number of aryl methyl sites for hydroxylation is 2. The fourth-order valence-corrected chi connectivity index (χ4v) is 2.46. The highest BCUT2D eigenvalue weighted by Gasteiger charge is 2.27. The predicted octanol–water partition coefficient (Wildman–Crippen LogP) is 3.73. The minimum atomic E-state index is -4.22. The molecule has 104 valence electrons. The summed E-state index contributed by atoms with van der Waals surface area (Å²) in [5.74, 6) is 0.595. The van der Waals surface area contributed by atoms with Crippen LogP contribution >= 0.6 is 23.4 Å². The molecule has 0 amide bonds. The van der Waals surface area contributed by atoms with Gasteiger partial charge in [0.25, 0.3) is 0 Å². The zero-order valence-electron chi connectivity index (χ0n) is 10.0. The third-order valence-electron chi connectivity index (χ3n) is 2.50. The number of imidazole rings is 1. The van der Waals surface area contributed by atoms with Crippen LogP contribution in [0, 0.1) is 6.92 Å². The average molecular weight is 310 g/mol. The van der Waals surface area contributed by atoms with Gasteiger partial charge in [0.2, 0.25) is 0 Å². The van der Waals surface area contributed by atoms with Crippen molar-refractivity contribution >= 4 is 34.5 Å². The van der Waals surface area contributed by atoms with Gasteiger partial charge in [0.05, 0.1) is 5.88 Å². The van der Waals surface area contributed by atoms with Gasteiger partial charge in [-0.15, -0.1) is 11.6 Å². The summed E-state index contributed by atoms with van der Waals surface area (Å²) in [5, 5.41) is 0. The standard InChI is InChI=1S/C11H11ClF3N3S/c1-7-4-8-10(16-6-7)18(9(5-12)17-8)2-3-19-11(13,14)15/h4,6H,2-3,5H2,1H3. The zero-order valence-corrected chi connectivity index (χ0v) is 11.6. The summed E-state index contributed by atoms with van der Waals surface area (Å²) in [5.41, 5.74) is -2.04. The topological polar surface area (TPSA) is 30.7 Å². The monoisotopic (exact) mass is 309 g/mol. The van der Waals surface area contributed by atoms with E-state index in [2.05, 4.69) is 9.97 Å². The van der Waals surface area contributed by atoms with Crippen LogP contribution in [0.5, 0.6) is 0 Å². The van der Waals surface area contributed by atoms with E-state index in [0.717, 1.165) is 5.56 Å². The summed E-state index contributed by atoms with van der Waals surface area (Å²) in [7, 11) is 0. The molecule has 2 aromatic rings. The summed E-state index contributed by atoms with van der Waals surface area (Å²) in [6.07, 6.45) is 1.66. The van der Waals surface area contributed by atoms with Gasteiger partial charge in [-0.25, -0.2) is 9.97 Å². The zero-order chi connectivity index (χ0) is 14.0. The average Bonchev–Trinajstić information content (AvgIpc) is 2.65. The summed E-state index contributed by atoms with van der Waals surface area (Å²) in [6.45, 7) is 2.06. The Morgan fingerprint density at radius 3 is 2.79 bits per heavy atom. The molecule has 0 radical (unpaired) electrons. The molecule has 0 fully saturated rings. The van der Waals surface area contributed by atoms with Gasteiger partial charge in [-0.2, -0.15) is 13.2 Å². The molecule has 0 aliphatic heterocycles. The molecule has 19 heavy (non-hydrogen) atoms. The van der Waals surface area contributed by atoms with E-state index in [1.165, 1.54) is 0 Å². The van der Waals surface area contributed by atoms with E-state index in [-0.39, 0.29) is 29.9 Å². The first kappa shape index (κ1) is 14.5. The number of alkyl halides is 4. The van der Waals surface area contributed by atoms with Crippen LogP contribution in [0.3, 0.4) is 0 Å². The lowest BCUT2D eigenvalue weighted by molar-refractivity contribution is -0.0328. The lowest BCUT2D eigenvalue weighted by Gasteiger charge is -2.08. The molecule has 0 N–H and O–H groups in total. The summed E-state index contributed by atoms with van der Waals surface area (Å²) in [6, 6.07) is 1.84. The molecule has 2 heterocycles. The van der Waals surface area contributed by atoms with Gasteiger partial charge < -0.3 is 4.57 Å². The van der Waals surface area contributed by atoms with E-state index in [1.807, 2.05) is 13.0 Å². The second-order valence-electron chi connectivity index (χ2n) is 3.96. The molecular formula is C11H11ClF3N3S. The molecule has 0 aromatic carbocycles. The van der Waals surface area contributed by atoms with E-state index >= 15 is 0 Å². The normalized spacial score (nSPS) is 12.3. The molecule has 0 bridgehead atoms. The molecule has 0 saturated carbocycles. The van der Waals surface area contributed by atoms with Gasteiger partial charge in [-0.1, -0.05) is 0 Å². The third-order valence-corrected chi connectivity index (χ3v) is 3.45. The Morgan fingerprint density at radius 2 is 2.16 bits per heavy atom. The molecule has 0 aliphatic carbocycles. The summed E-state index contributed by atoms with van der Waals surface area (Å²) >= 11 is 5.72. The number of halogens is 4. The van der Waals surface area contributed by atoms with E-state index in [9.17, 15) is 13.2 Å². The van der Waals surface area contributed by atoms with Gasteiger partial charge >= 0.3 is 5.51 Å². The molecule has 2 aromatic heterocycles. The van der Waals surface area contributed by atoms with Crippen LogP contribution in [0.4, 0.5) is 13.2 Å². The maximum Gasteiger partial charge on any atom is 0.441 e. The first-order valence-electron chi connectivity index (χ1n) is 5.49. The quantitative estimate of drug-likeness (QED) is 0.806. The maximum atomic E-state index is 12.1. The Balaban J connectivity index is 2.25. The molecule has 8 heteroatoms. The highest BCUT2D eigenvalue weighted by molar-refractivity contribution is 8.00. The van der Waals surface area contributed by atoms with Crippen LogP contribution in [0.2, 0.25) is 0 Å². The number of rotatable bonds is 4. The minimum Gasteiger partial charge on any atom is -0.311 e. The molecule has 0 spiro atoms. The summed E-state index contributed by atoms with van der Waals surface area (Å²) < 4.78 is 38.0. The Hall–Kier alpha value is -0.950. The van der Waals surface area contributed by atoms with Crippen LogP contribution in [-0.4, -0.2) is 25.8 Å². The van der Waals surface area contributed by atoms with Crippen molar-refractivity contribution in [2.45, 2.75) is 24.9 Å². The van der Waals surface area contributed by atoms with Crippen molar-refractivity contribution in [2.24, 2.45) is 0 Å². The second-order valence-corrected chi connectivity index (χ2v) is 5.39. The lowest BCUT2D eigenvalue weighted by atomic mass is 10.3. The number of pyridine rings is 1. The van der Waals surface area contributed by atoms with Gasteiger partial charge in [0.1, 0.15) is 11.3 Å². The van der Waals surface area contributed by atoms with Crippen molar-refractivity contribution in [2.75, 3.05) is 5.75 Å². The van der Waals surface area contributed by atoms with Gasteiger partial charge in [-0.3, -0.25) is 0 Å². The van der Waals surface area contributed by atoms with Crippen molar-refractivity contribution in [1.29, 1.82) is 0 Å². The van der Waals surface area contributed by atoms with E-state index in [1.54, 1.807) is 10.8 Å². The first-order valence-corrected chi connectivity index (χ1v) is 7.01. The predicted molar refractivity (Wildman–Crippen MR) is 70.3 cm³/mol. The van der Waals surface area contributed by atoms with Gasteiger partial charge in [0, 0.05) is 18.5 Å². The number of aromatic nitrogens is 3. The maximum absolute atomic E-state index is 12.1. The number of hydrogen-bond acceptors (Lipinski definition) is 3. The largest absolute Gasteiger partial charge is 0.441 e. The molecule has 0 unspecified atom stereocenters. The third kappa shape index (κ3) is 3.54. The van der Waals surface area contributed by atoms with Crippen molar-refractivity contribution < 1.29 is 13.2 Å². The lowest BCUT2D eigenvalue weighted by Crippen LogP contribution is -2.09. The Morgan fingerprint density at radius 1 is 1.42 bits per heavy atom. The Bertz CT molecular complexity index is 582. The second kappa shape index (κ2) is 5.58. The molecule has 3 nitrogen and oxygen atoms in total. The first-order chi connectivity index (χ1) is 8.90. The van der Waals surface area contributed by atoms with E-state index in [4.69, 9.17) is 11.6 Å². The SMILES string of the molecule is Cc1cnc2c(c1)nc(CCl)n2CCSC(F)(F)F. The molecule has 0 atom stereocenters. The van der Waals surface area contributed by atoms with Crippen molar-refractivity contribution in [3.05, 3.63) is 23.7 Å². The van der Waals surface area contributed by atoms with Crippen LogP contribution in [0.1, 0.15) is 11.4 Å². The van der Waals surface area contributed by atoms with Crippen LogP contribution in [0.25, 0.3) is 11.2 Å². The van der Waals surface area contributed by atoms with Gasteiger partial charge in [-0.05, 0) is 30.3 Å². The number of fused-ring (bicyclic) bond motifs is 1. The molecule has 0 aliphatic rings. The van der Waals surface area contributed by atoms with Crippen LogP contribution in [0.15, 0.2) is 12.3 Å². The number of hydrogen-bond donors (Lipinski definition) is 0. The summed E-state index contributed by atoms with van der Waals surface area (Å²) in [4.78, 5) is 8.50. The highest BCUT2D eigenvalue weighted by Crippen LogP contribution is 2.30.